The Kier molecular flexibility index (Phi) is 5.25. The van der Waals surface area contributed by atoms with E-state index >= 15 is 0 Å². The van der Waals surface area contributed by atoms with E-state index in [9.17, 15) is 9.59 Å². The van der Waals surface area contributed by atoms with Gasteiger partial charge in [0.25, 0.3) is 0 Å². The van der Waals surface area contributed by atoms with Crippen LogP contribution in [-0.2, 0) is 14.3 Å². The molecule has 0 radical (unpaired) electrons. The molecule has 0 aromatic heterocycles. The Labute approximate surface area is 95.2 Å². The van der Waals surface area contributed by atoms with Crippen LogP contribution in [0.3, 0.4) is 0 Å². The third-order valence-electron chi connectivity index (χ3n) is 2.77. The summed E-state index contributed by atoms with van der Waals surface area (Å²) in [5.41, 5.74) is 0. The summed E-state index contributed by atoms with van der Waals surface area (Å²) in [6.07, 6.45) is 4.14. The minimum Gasteiger partial charge on any atom is -0.480 e. The number of nitrogens with one attached hydrogen (secondary N) is 1. The number of esters is 1. The van der Waals surface area contributed by atoms with Crippen LogP contribution in [0, 0.1) is 0 Å². The van der Waals surface area contributed by atoms with Crippen LogP contribution in [0.2, 0.25) is 0 Å². The van der Waals surface area contributed by atoms with Gasteiger partial charge in [0.15, 0.2) is 0 Å². The van der Waals surface area contributed by atoms with Gasteiger partial charge in [0.2, 0.25) is 0 Å². The Hall–Kier alpha value is -1.10. The highest BCUT2D eigenvalue weighted by atomic mass is 16.5. The molecule has 1 rings (SSSR count). The first kappa shape index (κ1) is 13.0. The third kappa shape index (κ3) is 4.18. The van der Waals surface area contributed by atoms with Gasteiger partial charge >= 0.3 is 11.9 Å². The van der Waals surface area contributed by atoms with Crippen molar-refractivity contribution in [2.75, 3.05) is 6.61 Å². The van der Waals surface area contributed by atoms with Gasteiger partial charge in [0.05, 0.1) is 13.0 Å². The molecule has 5 nitrogen and oxygen atoms in total. The second-order valence-corrected chi connectivity index (χ2v) is 4.05. The minimum absolute atomic E-state index is 0.0975. The van der Waals surface area contributed by atoms with E-state index in [1.807, 2.05) is 0 Å². The van der Waals surface area contributed by atoms with Crippen molar-refractivity contribution in [2.24, 2.45) is 0 Å². The Bertz CT molecular complexity index is 248. The van der Waals surface area contributed by atoms with E-state index < -0.39 is 18.0 Å². The van der Waals surface area contributed by atoms with Gasteiger partial charge in [0, 0.05) is 6.04 Å². The highest BCUT2D eigenvalue weighted by Gasteiger charge is 2.26. The van der Waals surface area contributed by atoms with Crippen molar-refractivity contribution in [1.82, 2.24) is 5.32 Å². The largest absolute Gasteiger partial charge is 0.480 e. The summed E-state index contributed by atoms with van der Waals surface area (Å²) in [6, 6.07) is -0.585. The molecule has 1 aliphatic carbocycles. The van der Waals surface area contributed by atoms with Gasteiger partial charge < -0.3 is 15.2 Å². The summed E-state index contributed by atoms with van der Waals surface area (Å²) in [5.74, 6) is -1.44. The molecule has 0 aliphatic heterocycles. The van der Waals surface area contributed by atoms with Crippen molar-refractivity contribution in [3.05, 3.63) is 0 Å². The van der Waals surface area contributed by atoms with Gasteiger partial charge in [0.1, 0.15) is 6.04 Å². The van der Waals surface area contributed by atoms with Crippen LogP contribution in [0.15, 0.2) is 0 Å². The zero-order valence-corrected chi connectivity index (χ0v) is 9.57. The Morgan fingerprint density at radius 1 is 1.44 bits per heavy atom. The molecule has 5 heteroatoms. The molecule has 0 amide bonds. The van der Waals surface area contributed by atoms with Crippen molar-refractivity contribution < 1.29 is 19.4 Å². The summed E-state index contributed by atoms with van der Waals surface area (Å²) >= 11 is 0. The van der Waals surface area contributed by atoms with Crippen molar-refractivity contribution in [3.63, 3.8) is 0 Å². The molecule has 0 aromatic carbocycles. The lowest BCUT2D eigenvalue weighted by atomic mass is 10.1. The van der Waals surface area contributed by atoms with Gasteiger partial charge in [-0.2, -0.15) is 0 Å². The third-order valence-corrected chi connectivity index (χ3v) is 2.77. The van der Waals surface area contributed by atoms with Crippen LogP contribution < -0.4 is 5.32 Å². The molecule has 1 atom stereocenters. The fourth-order valence-electron chi connectivity index (χ4n) is 1.98. The number of aliphatic carboxylic acids is 1. The van der Waals surface area contributed by atoms with Crippen LogP contribution in [0.25, 0.3) is 0 Å². The number of hydrogen-bond acceptors (Lipinski definition) is 4. The molecule has 92 valence electrons. The van der Waals surface area contributed by atoms with E-state index in [0.717, 1.165) is 25.7 Å². The molecule has 2 N–H and O–H groups in total. The van der Waals surface area contributed by atoms with Crippen molar-refractivity contribution in [3.8, 4) is 0 Å². The molecule has 16 heavy (non-hydrogen) atoms. The second kappa shape index (κ2) is 6.48. The molecule has 0 aromatic rings. The number of ether oxygens (including phenoxy) is 1. The highest BCUT2D eigenvalue weighted by molar-refractivity contribution is 5.81. The quantitative estimate of drug-likeness (QED) is 0.662. The Morgan fingerprint density at radius 3 is 2.56 bits per heavy atom. The summed E-state index contributed by atoms with van der Waals surface area (Å²) < 4.78 is 4.74. The van der Waals surface area contributed by atoms with Crippen LogP contribution >= 0.6 is 0 Å². The normalized spacial score (nSPS) is 18.3. The molecule has 1 fully saturated rings. The number of carboxylic acids is 1. The first-order valence-corrected chi connectivity index (χ1v) is 5.78. The summed E-state index contributed by atoms with van der Waals surface area (Å²) in [4.78, 5) is 22.2. The SMILES string of the molecule is CCOC(=O)C[C@@H](NC1CCCC1)C(=O)O. The number of hydrogen-bond donors (Lipinski definition) is 2. The standard InChI is InChI=1S/C11H19NO4/c1-2-16-10(13)7-9(11(14)15)12-8-5-3-4-6-8/h8-9,12H,2-7H2,1H3,(H,14,15)/t9-/m1/s1. The lowest BCUT2D eigenvalue weighted by Crippen LogP contribution is -2.43. The topological polar surface area (TPSA) is 75.6 Å². The van der Waals surface area contributed by atoms with E-state index in [1.54, 1.807) is 6.92 Å². The van der Waals surface area contributed by atoms with Crippen LogP contribution in [-0.4, -0.2) is 35.7 Å². The first-order chi connectivity index (χ1) is 7.63. The summed E-state index contributed by atoms with van der Waals surface area (Å²) in [7, 11) is 0. The average molecular weight is 229 g/mol. The predicted octanol–water partition coefficient (Wildman–Crippen LogP) is 0.925. The molecule has 0 bridgehead atoms. The second-order valence-electron chi connectivity index (χ2n) is 4.05. The smallest absolute Gasteiger partial charge is 0.321 e. The molecule has 0 unspecified atom stereocenters. The molecule has 1 aliphatic rings. The van der Waals surface area contributed by atoms with Crippen molar-refractivity contribution in [2.45, 2.75) is 51.1 Å². The maximum Gasteiger partial charge on any atom is 0.321 e. The molecule has 0 saturated heterocycles. The van der Waals surface area contributed by atoms with Crippen molar-refractivity contribution >= 4 is 11.9 Å². The van der Waals surface area contributed by atoms with E-state index in [4.69, 9.17) is 9.84 Å². The maximum atomic E-state index is 11.2. The lowest BCUT2D eigenvalue weighted by molar-refractivity contribution is -0.149. The molecule has 0 heterocycles. The monoisotopic (exact) mass is 229 g/mol. The summed E-state index contributed by atoms with van der Waals surface area (Å²) in [6.45, 7) is 1.99. The van der Waals surface area contributed by atoms with E-state index in [-0.39, 0.29) is 19.1 Å². The van der Waals surface area contributed by atoms with E-state index in [2.05, 4.69) is 5.32 Å². The van der Waals surface area contributed by atoms with Gasteiger partial charge in [-0.3, -0.25) is 9.59 Å². The average Bonchev–Trinajstić information content (AvgIpc) is 2.69. The lowest BCUT2D eigenvalue weighted by Gasteiger charge is -2.18. The fraction of sp³-hybridized carbons (Fsp3) is 0.818. The van der Waals surface area contributed by atoms with Gasteiger partial charge in [-0.15, -0.1) is 0 Å². The zero-order valence-electron chi connectivity index (χ0n) is 9.57. The fourth-order valence-corrected chi connectivity index (χ4v) is 1.98. The molecule has 1 saturated carbocycles. The highest BCUT2D eigenvalue weighted by Crippen LogP contribution is 2.18. The van der Waals surface area contributed by atoms with Gasteiger partial charge in [-0.25, -0.2) is 0 Å². The molecule has 0 spiro atoms. The Morgan fingerprint density at radius 2 is 2.06 bits per heavy atom. The van der Waals surface area contributed by atoms with Gasteiger partial charge in [-0.1, -0.05) is 12.8 Å². The number of rotatable bonds is 6. The molecular weight excluding hydrogens is 210 g/mol. The predicted molar refractivity (Wildman–Crippen MR) is 58.1 cm³/mol. The minimum atomic E-state index is -0.986. The van der Waals surface area contributed by atoms with Crippen LogP contribution in [0.5, 0.6) is 0 Å². The van der Waals surface area contributed by atoms with Crippen LogP contribution in [0.4, 0.5) is 0 Å². The van der Waals surface area contributed by atoms with Crippen LogP contribution in [0.1, 0.15) is 39.0 Å². The van der Waals surface area contributed by atoms with Gasteiger partial charge in [-0.05, 0) is 19.8 Å². The molecular formula is C11H19NO4. The van der Waals surface area contributed by atoms with E-state index in [1.165, 1.54) is 0 Å². The van der Waals surface area contributed by atoms with E-state index in [0.29, 0.717) is 0 Å². The first-order valence-electron chi connectivity index (χ1n) is 5.78. The number of carboxylic acid groups (broad SMARTS) is 1. The number of carbonyl (C=O) groups excluding carboxylic acids is 1. The number of carbonyl (C=O) groups is 2. The Balaban J connectivity index is 2.40. The summed E-state index contributed by atoms with van der Waals surface area (Å²) in [5, 5.41) is 12.0. The van der Waals surface area contributed by atoms with Crippen molar-refractivity contribution in [1.29, 1.82) is 0 Å². The zero-order chi connectivity index (χ0) is 12.0. The maximum absolute atomic E-state index is 11.2.